The predicted octanol–water partition coefficient (Wildman–Crippen LogP) is 4.23. The average Bonchev–Trinajstić information content (AvgIpc) is 3.02. The Morgan fingerprint density at radius 2 is 1.81 bits per heavy atom. The van der Waals surface area contributed by atoms with Gasteiger partial charge in [-0.25, -0.2) is 5.01 Å². The molecule has 32 heavy (non-hydrogen) atoms. The number of hydrogen-bond acceptors (Lipinski definition) is 5. The smallest absolute Gasteiger partial charge is 0.272 e. The van der Waals surface area contributed by atoms with Gasteiger partial charge in [-0.3, -0.25) is 24.5 Å². The first kappa shape index (κ1) is 22.0. The number of imide groups is 1. The van der Waals surface area contributed by atoms with Gasteiger partial charge >= 0.3 is 0 Å². The number of fused-ring (bicyclic) bond motifs is 1. The molecule has 0 bridgehead atoms. The maximum atomic E-state index is 13.5. The first-order valence-electron chi connectivity index (χ1n) is 10.4. The molecule has 2 aliphatic rings. The first-order chi connectivity index (χ1) is 15.3. The number of halogens is 1. The Kier molecular flexibility index (Phi) is 5.97. The number of amides is 3. The van der Waals surface area contributed by atoms with Gasteiger partial charge in [-0.05, 0) is 48.9 Å². The molecule has 0 N–H and O–H groups in total. The molecule has 1 saturated heterocycles. The van der Waals surface area contributed by atoms with Gasteiger partial charge in [0, 0.05) is 22.7 Å². The van der Waals surface area contributed by atoms with Crippen LogP contribution in [0.2, 0.25) is 5.02 Å². The zero-order valence-corrected chi connectivity index (χ0v) is 18.2. The van der Waals surface area contributed by atoms with Crippen molar-refractivity contribution in [1.82, 2.24) is 10.0 Å². The number of nitro groups is 1. The van der Waals surface area contributed by atoms with Gasteiger partial charge in [0.25, 0.3) is 23.4 Å². The quantitative estimate of drug-likeness (QED) is 0.381. The van der Waals surface area contributed by atoms with Crippen molar-refractivity contribution in [1.29, 1.82) is 0 Å². The zero-order chi connectivity index (χ0) is 23.0. The average molecular weight is 456 g/mol. The molecule has 4 rings (SSSR count). The van der Waals surface area contributed by atoms with Crippen molar-refractivity contribution in [3.05, 3.63) is 74.8 Å². The van der Waals surface area contributed by atoms with Gasteiger partial charge in [0.15, 0.2) is 0 Å². The number of nitrogens with zero attached hydrogens (tertiary/aromatic N) is 3. The molecule has 0 unspecified atom stereocenters. The van der Waals surface area contributed by atoms with Gasteiger partial charge in [0.2, 0.25) is 0 Å². The molecule has 1 saturated carbocycles. The van der Waals surface area contributed by atoms with Crippen molar-refractivity contribution in [2.45, 2.75) is 32.7 Å². The van der Waals surface area contributed by atoms with Crippen molar-refractivity contribution < 1.29 is 19.3 Å². The molecule has 9 heteroatoms. The lowest BCUT2D eigenvalue weighted by Gasteiger charge is -2.30. The van der Waals surface area contributed by atoms with Gasteiger partial charge in [0.05, 0.1) is 23.3 Å². The van der Waals surface area contributed by atoms with Gasteiger partial charge in [-0.15, -0.1) is 0 Å². The van der Waals surface area contributed by atoms with Crippen LogP contribution in [-0.2, 0) is 16.1 Å². The second-order valence-corrected chi connectivity index (χ2v) is 8.85. The molecule has 3 amide bonds. The van der Waals surface area contributed by atoms with E-state index >= 15 is 0 Å². The van der Waals surface area contributed by atoms with Crippen molar-refractivity contribution in [2.75, 3.05) is 0 Å². The molecule has 0 spiro atoms. The van der Waals surface area contributed by atoms with Crippen LogP contribution < -0.4 is 0 Å². The second-order valence-electron chi connectivity index (χ2n) is 8.42. The number of non-ortho nitro benzene ring substituents is 1. The van der Waals surface area contributed by atoms with Crippen LogP contribution in [0.15, 0.2) is 48.5 Å². The Morgan fingerprint density at radius 3 is 2.50 bits per heavy atom. The summed E-state index contributed by atoms with van der Waals surface area (Å²) in [5, 5.41) is 13.8. The predicted molar refractivity (Wildman–Crippen MR) is 116 cm³/mol. The highest BCUT2D eigenvalue weighted by Gasteiger charge is 2.52. The fourth-order valence-electron chi connectivity index (χ4n) is 4.51. The Hall–Kier alpha value is -3.26. The van der Waals surface area contributed by atoms with Crippen molar-refractivity contribution >= 4 is 35.0 Å². The standard InChI is InChI=1S/C23H22ClN3O5/c1-14-5-10-19-20(11-14)23(30)26(22(19)29)25(13-15-6-8-17(24)9-7-15)21(28)16-3-2-4-18(12-16)27(31)32/h2-4,6-9,12,14,19-20H,5,10-11,13H2,1H3/t14-,19-,20+/m1/s1. The van der Waals surface area contributed by atoms with E-state index in [4.69, 9.17) is 11.6 Å². The van der Waals surface area contributed by atoms with Crippen LogP contribution in [0, 0.1) is 27.9 Å². The SMILES string of the molecule is C[C@@H]1CC[C@H]2C(=O)N(N(Cc3ccc(Cl)cc3)C(=O)c3cccc([N+](=O)[O-])c3)C(=O)[C@H]2C1. The van der Waals surface area contributed by atoms with Crippen LogP contribution in [0.25, 0.3) is 0 Å². The number of carbonyl (C=O) groups is 3. The maximum Gasteiger partial charge on any atom is 0.273 e. The van der Waals surface area contributed by atoms with E-state index in [1.165, 1.54) is 18.2 Å². The molecule has 8 nitrogen and oxygen atoms in total. The maximum absolute atomic E-state index is 13.5. The first-order valence-corrected chi connectivity index (χ1v) is 10.8. The number of carbonyl (C=O) groups excluding carboxylic acids is 3. The van der Waals surface area contributed by atoms with Crippen LogP contribution in [0.4, 0.5) is 5.69 Å². The molecule has 2 aromatic rings. The summed E-state index contributed by atoms with van der Waals surface area (Å²) in [5.41, 5.74) is 0.442. The molecule has 0 radical (unpaired) electrons. The molecule has 2 fully saturated rings. The summed E-state index contributed by atoms with van der Waals surface area (Å²) in [6, 6.07) is 12.0. The summed E-state index contributed by atoms with van der Waals surface area (Å²) in [7, 11) is 0. The molecule has 3 atom stereocenters. The summed E-state index contributed by atoms with van der Waals surface area (Å²) in [4.78, 5) is 50.6. The van der Waals surface area contributed by atoms with E-state index in [9.17, 15) is 24.5 Å². The number of hydrogen-bond donors (Lipinski definition) is 0. The van der Waals surface area contributed by atoms with Gasteiger partial charge < -0.3 is 0 Å². The number of hydrazine groups is 1. The van der Waals surface area contributed by atoms with E-state index in [0.717, 1.165) is 22.5 Å². The molecule has 2 aromatic carbocycles. The fourth-order valence-corrected chi connectivity index (χ4v) is 4.63. The molecule has 0 aromatic heterocycles. The largest absolute Gasteiger partial charge is 0.273 e. The monoisotopic (exact) mass is 455 g/mol. The minimum atomic E-state index is -0.656. The molecular weight excluding hydrogens is 434 g/mol. The Bertz CT molecular complexity index is 1090. The fraction of sp³-hybridized carbons (Fsp3) is 0.348. The number of benzene rings is 2. The van der Waals surface area contributed by atoms with E-state index in [-0.39, 0.29) is 29.6 Å². The third kappa shape index (κ3) is 4.10. The lowest BCUT2D eigenvalue weighted by atomic mass is 9.76. The second kappa shape index (κ2) is 8.70. The van der Waals surface area contributed by atoms with Gasteiger partial charge in [-0.1, -0.05) is 36.7 Å². The molecule has 1 aliphatic heterocycles. The van der Waals surface area contributed by atoms with E-state index in [2.05, 4.69) is 6.92 Å². The Balaban J connectivity index is 1.72. The summed E-state index contributed by atoms with van der Waals surface area (Å²) in [5.74, 6) is -2.00. The Morgan fingerprint density at radius 1 is 1.12 bits per heavy atom. The highest BCUT2D eigenvalue weighted by molar-refractivity contribution is 6.30. The molecule has 166 valence electrons. The molecule has 1 aliphatic carbocycles. The third-order valence-corrected chi connectivity index (χ3v) is 6.44. The zero-order valence-electron chi connectivity index (χ0n) is 17.4. The van der Waals surface area contributed by atoms with E-state index in [1.54, 1.807) is 24.3 Å². The van der Waals surface area contributed by atoms with Gasteiger partial charge in [-0.2, -0.15) is 5.01 Å². The molecule has 1 heterocycles. The lowest BCUT2D eigenvalue weighted by Crippen LogP contribution is -2.49. The van der Waals surface area contributed by atoms with Crippen LogP contribution >= 0.6 is 11.6 Å². The van der Waals surface area contributed by atoms with Crippen molar-refractivity contribution in [3.8, 4) is 0 Å². The van der Waals surface area contributed by atoms with Crippen molar-refractivity contribution in [2.24, 2.45) is 17.8 Å². The van der Waals surface area contributed by atoms with E-state index in [1.807, 2.05) is 0 Å². The normalized spacial score (nSPS) is 22.6. The summed E-state index contributed by atoms with van der Waals surface area (Å²) < 4.78 is 0. The minimum Gasteiger partial charge on any atom is -0.272 e. The Labute approximate surface area is 189 Å². The van der Waals surface area contributed by atoms with Crippen LogP contribution in [0.3, 0.4) is 0 Å². The van der Waals surface area contributed by atoms with E-state index in [0.29, 0.717) is 29.3 Å². The highest BCUT2D eigenvalue weighted by Crippen LogP contribution is 2.41. The lowest BCUT2D eigenvalue weighted by molar-refractivity contribution is -0.384. The third-order valence-electron chi connectivity index (χ3n) is 6.19. The summed E-state index contributed by atoms with van der Waals surface area (Å²) in [6.07, 6.45) is 2.06. The summed E-state index contributed by atoms with van der Waals surface area (Å²) >= 11 is 5.96. The van der Waals surface area contributed by atoms with Crippen LogP contribution in [0.1, 0.15) is 42.1 Å². The number of nitro benzene ring substituents is 1. The van der Waals surface area contributed by atoms with Crippen LogP contribution in [-0.4, -0.2) is 32.7 Å². The van der Waals surface area contributed by atoms with Crippen molar-refractivity contribution in [3.63, 3.8) is 0 Å². The minimum absolute atomic E-state index is 0.0250. The summed E-state index contributed by atoms with van der Waals surface area (Å²) in [6.45, 7) is 2.00. The van der Waals surface area contributed by atoms with E-state index < -0.39 is 22.7 Å². The highest BCUT2D eigenvalue weighted by atomic mass is 35.5. The number of rotatable bonds is 5. The van der Waals surface area contributed by atoms with Gasteiger partial charge in [0.1, 0.15) is 0 Å². The topological polar surface area (TPSA) is 101 Å². The van der Waals surface area contributed by atoms with Crippen LogP contribution in [0.5, 0.6) is 0 Å². The molecular formula is C23H22ClN3O5.